The van der Waals surface area contributed by atoms with Crippen LogP contribution in [0.5, 0.6) is 0 Å². The minimum absolute atomic E-state index is 0.160. The molecule has 2 heteroatoms. The van der Waals surface area contributed by atoms with Crippen molar-refractivity contribution in [2.24, 2.45) is 0 Å². The monoisotopic (exact) mass is 140 g/mol. The molecule has 0 aromatic carbocycles. The summed E-state index contributed by atoms with van der Waals surface area (Å²) in [4.78, 5) is 12.7. The van der Waals surface area contributed by atoms with Crippen LogP contribution in [0.1, 0.15) is 21.5 Å². The molecule has 0 amide bonds. The molecule has 0 atom stereocenters. The second-order valence-electron chi connectivity index (χ2n) is 1.97. The zero-order valence-electron chi connectivity index (χ0n) is 5.47. The first-order chi connectivity index (χ1) is 4.20. The second kappa shape index (κ2) is 2.31. The molecule has 0 aliphatic carbocycles. The van der Waals surface area contributed by atoms with Crippen molar-refractivity contribution < 1.29 is 4.79 Å². The molecule has 0 aliphatic heterocycles. The molecular weight excluding hydrogens is 132 g/mol. The maximum Gasteiger partial charge on any atom is 0.169 e. The van der Waals surface area contributed by atoms with Crippen LogP contribution >= 0.6 is 11.3 Å². The largest absolute Gasteiger partial charge is 0.294 e. The molecule has 0 spiro atoms. The summed E-state index contributed by atoms with van der Waals surface area (Å²) in [6, 6.07) is 3.82. The van der Waals surface area contributed by atoms with E-state index in [4.69, 9.17) is 0 Å². The number of hydrogen-bond acceptors (Lipinski definition) is 2. The van der Waals surface area contributed by atoms with Crippen LogP contribution < -0.4 is 0 Å². The van der Waals surface area contributed by atoms with Gasteiger partial charge in [0.15, 0.2) is 5.78 Å². The fourth-order valence-electron chi connectivity index (χ4n) is 0.624. The first-order valence-corrected chi connectivity index (χ1v) is 3.59. The van der Waals surface area contributed by atoms with Gasteiger partial charge in [0.1, 0.15) is 0 Å². The highest BCUT2D eigenvalue weighted by molar-refractivity contribution is 7.13. The summed E-state index contributed by atoms with van der Waals surface area (Å²) >= 11 is 1.55. The average Bonchev–Trinajstić information content (AvgIpc) is 2.14. The molecule has 48 valence electrons. The van der Waals surface area contributed by atoms with E-state index in [1.165, 1.54) is 4.88 Å². The van der Waals surface area contributed by atoms with E-state index < -0.39 is 0 Å². The van der Waals surface area contributed by atoms with E-state index in [9.17, 15) is 4.79 Å². The Morgan fingerprint density at radius 2 is 2.22 bits per heavy atom. The van der Waals surface area contributed by atoms with E-state index in [-0.39, 0.29) is 5.78 Å². The average molecular weight is 140 g/mol. The van der Waals surface area contributed by atoms with E-state index in [2.05, 4.69) is 0 Å². The van der Waals surface area contributed by atoms with Crippen LogP contribution in [0.3, 0.4) is 0 Å². The van der Waals surface area contributed by atoms with Gasteiger partial charge in [0, 0.05) is 4.88 Å². The number of ketones is 1. The number of carbonyl (C=O) groups excluding carboxylic acids is 1. The normalized spacial score (nSPS) is 9.56. The fourth-order valence-corrected chi connectivity index (χ4v) is 1.39. The van der Waals surface area contributed by atoms with Gasteiger partial charge >= 0.3 is 0 Å². The van der Waals surface area contributed by atoms with E-state index in [0.717, 1.165) is 4.88 Å². The van der Waals surface area contributed by atoms with Crippen molar-refractivity contribution in [3.63, 3.8) is 0 Å². The first kappa shape index (κ1) is 6.49. The third-order valence-electron chi connectivity index (χ3n) is 1.09. The van der Waals surface area contributed by atoms with Crippen LogP contribution in [0.25, 0.3) is 0 Å². The predicted molar refractivity (Wildman–Crippen MR) is 39.1 cm³/mol. The Morgan fingerprint density at radius 1 is 1.56 bits per heavy atom. The molecule has 0 N–H and O–H groups in total. The van der Waals surface area contributed by atoms with Crippen LogP contribution in [0.15, 0.2) is 12.1 Å². The quantitative estimate of drug-likeness (QED) is 0.547. The molecule has 0 fully saturated rings. The molecule has 1 heterocycles. The highest BCUT2D eigenvalue weighted by Crippen LogP contribution is 2.14. The van der Waals surface area contributed by atoms with Crippen molar-refractivity contribution in [2.75, 3.05) is 0 Å². The maximum absolute atomic E-state index is 10.7. The van der Waals surface area contributed by atoms with Crippen molar-refractivity contribution in [1.82, 2.24) is 0 Å². The van der Waals surface area contributed by atoms with E-state index in [1.54, 1.807) is 18.3 Å². The number of rotatable bonds is 1. The van der Waals surface area contributed by atoms with Gasteiger partial charge in [-0.2, -0.15) is 0 Å². The smallest absolute Gasteiger partial charge is 0.169 e. The lowest BCUT2D eigenvalue weighted by atomic mass is 10.3. The lowest BCUT2D eigenvalue weighted by Crippen LogP contribution is -1.83. The summed E-state index contributed by atoms with van der Waals surface area (Å²) in [5, 5.41) is 0. The topological polar surface area (TPSA) is 17.1 Å². The Bertz CT molecular complexity index is 225. The first-order valence-electron chi connectivity index (χ1n) is 2.77. The van der Waals surface area contributed by atoms with Crippen molar-refractivity contribution in [3.05, 3.63) is 21.9 Å². The van der Waals surface area contributed by atoms with E-state index in [0.29, 0.717) is 0 Å². The van der Waals surface area contributed by atoms with Crippen LogP contribution in [0.2, 0.25) is 0 Å². The standard InChI is InChI=1S/C7H8OS/c1-5-3-4-7(9-5)6(2)8/h3-4H,1-2H3. The van der Waals surface area contributed by atoms with Crippen molar-refractivity contribution in [3.8, 4) is 0 Å². The predicted octanol–water partition coefficient (Wildman–Crippen LogP) is 2.26. The van der Waals surface area contributed by atoms with Gasteiger partial charge < -0.3 is 0 Å². The molecule has 0 unspecified atom stereocenters. The number of carbonyl (C=O) groups is 1. The van der Waals surface area contributed by atoms with Gasteiger partial charge in [-0.15, -0.1) is 11.3 Å². The van der Waals surface area contributed by atoms with Gasteiger partial charge in [0.2, 0.25) is 0 Å². The lowest BCUT2D eigenvalue weighted by Gasteiger charge is -1.81. The highest BCUT2D eigenvalue weighted by Gasteiger charge is 1.99. The second-order valence-corrected chi connectivity index (χ2v) is 3.25. The molecule has 0 bridgehead atoms. The molecule has 1 rings (SSSR count). The van der Waals surface area contributed by atoms with Crippen LogP contribution in [0, 0.1) is 6.92 Å². The van der Waals surface area contributed by atoms with Crippen molar-refractivity contribution in [2.45, 2.75) is 13.8 Å². The molecule has 1 aromatic rings. The highest BCUT2D eigenvalue weighted by atomic mass is 32.1. The molecule has 9 heavy (non-hydrogen) atoms. The van der Waals surface area contributed by atoms with Gasteiger partial charge in [-0.25, -0.2) is 0 Å². The Kier molecular flexibility index (Phi) is 1.67. The Hall–Kier alpha value is -0.630. The summed E-state index contributed by atoms with van der Waals surface area (Å²) < 4.78 is 0. The summed E-state index contributed by atoms with van der Waals surface area (Å²) in [6.07, 6.45) is 0. The summed E-state index contributed by atoms with van der Waals surface area (Å²) in [5.41, 5.74) is 0. The maximum atomic E-state index is 10.7. The van der Waals surface area contributed by atoms with Crippen LogP contribution in [0.4, 0.5) is 0 Å². The zero-order chi connectivity index (χ0) is 6.85. The van der Waals surface area contributed by atoms with Gasteiger partial charge in [-0.1, -0.05) is 0 Å². The third-order valence-corrected chi connectivity index (χ3v) is 2.19. The summed E-state index contributed by atoms with van der Waals surface area (Å²) in [5.74, 6) is 0.160. The Labute approximate surface area is 58.3 Å². The molecule has 0 aliphatic rings. The van der Waals surface area contributed by atoms with Crippen molar-refractivity contribution in [1.29, 1.82) is 0 Å². The molecule has 0 saturated heterocycles. The molecular formula is C7H8OS. The SMILES string of the molecule is CC(=O)c1ccc(C)s1. The van der Waals surface area contributed by atoms with Crippen molar-refractivity contribution >= 4 is 17.1 Å². The van der Waals surface area contributed by atoms with Gasteiger partial charge in [0.25, 0.3) is 0 Å². The Morgan fingerprint density at radius 3 is 2.44 bits per heavy atom. The lowest BCUT2D eigenvalue weighted by molar-refractivity contribution is 0.102. The number of thiophene rings is 1. The number of Topliss-reactive ketones (excluding diaryl/α,β-unsaturated/α-hetero) is 1. The minimum Gasteiger partial charge on any atom is -0.294 e. The van der Waals surface area contributed by atoms with Crippen LogP contribution in [-0.2, 0) is 0 Å². The minimum atomic E-state index is 0.160. The summed E-state index contributed by atoms with van der Waals surface area (Å²) in [7, 11) is 0. The zero-order valence-corrected chi connectivity index (χ0v) is 6.29. The molecule has 1 nitrogen and oxygen atoms in total. The van der Waals surface area contributed by atoms with E-state index >= 15 is 0 Å². The fraction of sp³-hybridized carbons (Fsp3) is 0.286. The van der Waals surface area contributed by atoms with E-state index in [1.807, 2.05) is 19.1 Å². The third kappa shape index (κ3) is 1.39. The number of hydrogen-bond donors (Lipinski definition) is 0. The van der Waals surface area contributed by atoms with Gasteiger partial charge in [-0.05, 0) is 26.0 Å². The number of aryl methyl sites for hydroxylation is 1. The molecule has 0 saturated carbocycles. The molecule has 0 radical (unpaired) electrons. The Balaban J connectivity index is 2.98. The van der Waals surface area contributed by atoms with Gasteiger partial charge in [-0.3, -0.25) is 4.79 Å². The molecule has 1 aromatic heterocycles. The summed E-state index contributed by atoms with van der Waals surface area (Å²) in [6.45, 7) is 3.59. The van der Waals surface area contributed by atoms with Crippen LogP contribution in [-0.4, -0.2) is 5.78 Å². The van der Waals surface area contributed by atoms with Gasteiger partial charge in [0.05, 0.1) is 4.88 Å².